The number of hydrogen-bond acceptors (Lipinski definition) is 4. The zero-order valence-electron chi connectivity index (χ0n) is 11.4. The number of likely N-dealkylation sites (N-methyl/N-ethyl adjacent to an activating group) is 1. The summed E-state index contributed by atoms with van der Waals surface area (Å²) >= 11 is 0. The second-order valence-electron chi connectivity index (χ2n) is 4.90. The minimum atomic E-state index is -0.230. The van der Waals surface area contributed by atoms with Gasteiger partial charge in [0.2, 0.25) is 0 Å². The van der Waals surface area contributed by atoms with E-state index >= 15 is 0 Å². The Kier molecular flexibility index (Phi) is 5.65. The molecular weight excluding hydrogens is 216 g/mol. The molecule has 1 heterocycles. The monoisotopic (exact) mass is 240 g/mol. The Balaban J connectivity index is 2.44. The minimum Gasteiger partial charge on any atom is -0.466 e. The van der Waals surface area contributed by atoms with Crippen molar-refractivity contribution >= 4 is 5.97 Å². The summed E-state index contributed by atoms with van der Waals surface area (Å²) in [4.78, 5) is 15.9. The number of ether oxygens (including phenoxy) is 1. The van der Waals surface area contributed by atoms with E-state index in [1.807, 2.05) is 6.08 Å². The molecule has 1 aliphatic rings. The van der Waals surface area contributed by atoms with Crippen LogP contribution in [-0.2, 0) is 9.53 Å². The van der Waals surface area contributed by atoms with Crippen LogP contribution in [-0.4, -0.2) is 62.7 Å². The summed E-state index contributed by atoms with van der Waals surface area (Å²) in [6.45, 7) is 4.84. The average molecular weight is 240 g/mol. The van der Waals surface area contributed by atoms with Gasteiger partial charge in [0.1, 0.15) is 0 Å². The van der Waals surface area contributed by atoms with Gasteiger partial charge in [0, 0.05) is 24.7 Å². The van der Waals surface area contributed by atoms with Gasteiger partial charge in [-0.3, -0.25) is 4.90 Å². The second-order valence-corrected chi connectivity index (χ2v) is 4.90. The van der Waals surface area contributed by atoms with E-state index in [-0.39, 0.29) is 5.97 Å². The third-order valence-corrected chi connectivity index (χ3v) is 3.37. The number of rotatable bonds is 4. The van der Waals surface area contributed by atoms with Crippen LogP contribution in [0.15, 0.2) is 11.6 Å². The second kappa shape index (κ2) is 6.77. The lowest BCUT2D eigenvalue weighted by Gasteiger charge is -2.35. The fraction of sp³-hybridized carbons (Fsp3) is 0.769. The maximum Gasteiger partial charge on any atom is 0.333 e. The molecule has 0 bridgehead atoms. The summed E-state index contributed by atoms with van der Waals surface area (Å²) in [5.74, 6) is -0.230. The van der Waals surface area contributed by atoms with E-state index in [1.165, 1.54) is 20.0 Å². The smallest absolute Gasteiger partial charge is 0.333 e. The third kappa shape index (κ3) is 4.48. The van der Waals surface area contributed by atoms with Crippen molar-refractivity contribution in [2.75, 3.05) is 40.8 Å². The molecule has 4 nitrogen and oxygen atoms in total. The normalized spacial score (nSPS) is 22.9. The fourth-order valence-corrected chi connectivity index (χ4v) is 2.13. The van der Waals surface area contributed by atoms with Crippen molar-refractivity contribution in [1.29, 1.82) is 0 Å². The average Bonchev–Trinajstić information content (AvgIpc) is 2.35. The zero-order chi connectivity index (χ0) is 12.8. The summed E-state index contributed by atoms with van der Waals surface area (Å²) in [6, 6.07) is 0.635. The van der Waals surface area contributed by atoms with Crippen LogP contribution in [0.3, 0.4) is 0 Å². The van der Waals surface area contributed by atoms with Gasteiger partial charge in [-0.25, -0.2) is 4.79 Å². The third-order valence-electron chi connectivity index (χ3n) is 3.37. The van der Waals surface area contributed by atoms with Crippen LogP contribution in [0.2, 0.25) is 0 Å². The molecule has 98 valence electrons. The van der Waals surface area contributed by atoms with Crippen molar-refractivity contribution in [2.45, 2.75) is 25.8 Å². The van der Waals surface area contributed by atoms with Gasteiger partial charge in [-0.15, -0.1) is 0 Å². The van der Waals surface area contributed by atoms with E-state index in [0.29, 0.717) is 11.6 Å². The maximum absolute atomic E-state index is 11.2. The van der Waals surface area contributed by atoms with Crippen LogP contribution in [0, 0.1) is 0 Å². The molecule has 1 atom stereocenters. The van der Waals surface area contributed by atoms with Crippen LogP contribution in [0.5, 0.6) is 0 Å². The number of methoxy groups -OCH3 is 1. The first-order valence-corrected chi connectivity index (χ1v) is 6.18. The molecule has 4 heteroatoms. The van der Waals surface area contributed by atoms with Gasteiger partial charge < -0.3 is 9.64 Å². The number of esters is 1. The number of carbonyl (C=O) groups excluding carboxylic acids is 1. The molecule has 0 aromatic heterocycles. The quantitative estimate of drug-likeness (QED) is 0.545. The summed E-state index contributed by atoms with van der Waals surface area (Å²) in [6.07, 6.45) is 4.46. The molecule has 0 aliphatic carbocycles. The zero-order valence-corrected chi connectivity index (χ0v) is 11.4. The van der Waals surface area contributed by atoms with Crippen molar-refractivity contribution in [2.24, 2.45) is 0 Å². The molecule has 1 saturated heterocycles. The van der Waals surface area contributed by atoms with Crippen LogP contribution in [0.1, 0.15) is 19.8 Å². The molecule has 0 saturated carbocycles. The predicted molar refractivity (Wildman–Crippen MR) is 68.9 cm³/mol. The van der Waals surface area contributed by atoms with Crippen molar-refractivity contribution < 1.29 is 9.53 Å². The van der Waals surface area contributed by atoms with Gasteiger partial charge in [0.15, 0.2) is 0 Å². The molecule has 0 radical (unpaired) electrons. The van der Waals surface area contributed by atoms with Crippen molar-refractivity contribution in [1.82, 2.24) is 9.80 Å². The molecule has 0 aromatic carbocycles. The van der Waals surface area contributed by atoms with Crippen molar-refractivity contribution in [3.05, 3.63) is 11.6 Å². The fourth-order valence-electron chi connectivity index (χ4n) is 2.13. The number of carbonyl (C=O) groups is 1. The molecule has 1 fully saturated rings. The Labute approximate surface area is 104 Å². The number of likely N-dealkylation sites (tertiary alicyclic amines) is 1. The molecule has 17 heavy (non-hydrogen) atoms. The van der Waals surface area contributed by atoms with Gasteiger partial charge in [0.05, 0.1) is 7.11 Å². The highest BCUT2D eigenvalue weighted by Gasteiger charge is 2.20. The van der Waals surface area contributed by atoms with Crippen LogP contribution >= 0.6 is 0 Å². The molecular formula is C13H24N2O2. The van der Waals surface area contributed by atoms with E-state index < -0.39 is 0 Å². The summed E-state index contributed by atoms with van der Waals surface area (Å²) in [7, 11) is 5.68. The van der Waals surface area contributed by atoms with Crippen LogP contribution in [0.25, 0.3) is 0 Å². The van der Waals surface area contributed by atoms with Gasteiger partial charge in [-0.05, 0) is 40.4 Å². The molecule has 0 amide bonds. The summed E-state index contributed by atoms with van der Waals surface area (Å²) in [5.41, 5.74) is 0.694. The summed E-state index contributed by atoms with van der Waals surface area (Å²) in [5, 5.41) is 0. The van der Waals surface area contributed by atoms with E-state index in [9.17, 15) is 4.79 Å². The molecule has 0 N–H and O–H groups in total. The van der Waals surface area contributed by atoms with Gasteiger partial charge in [-0.1, -0.05) is 6.08 Å². The van der Waals surface area contributed by atoms with Gasteiger partial charge in [0.25, 0.3) is 0 Å². The number of hydrogen-bond donors (Lipinski definition) is 0. The largest absolute Gasteiger partial charge is 0.466 e. The Morgan fingerprint density at radius 2 is 2.24 bits per heavy atom. The van der Waals surface area contributed by atoms with Crippen molar-refractivity contribution in [3.63, 3.8) is 0 Å². The first kappa shape index (κ1) is 14.2. The SMILES string of the molecule is COC(=O)C(C)=CCN1CCCC(N(C)C)C1. The van der Waals surface area contributed by atoms with E-state index in [2.05, 4.69) is 28.6 Å². The van der Waals surface area contributed by atoms with E-state index in [1.54, 1.807) is 6.92 Å². The van der Waals surface area contributed by atoms with Crippen molar-refractivity contribution in [3.8, 4) is 0 Å². The number of nitrogens with zero attached hydrogens (tertiary/aromatic N) is 2. The van der Waals surface area contributed by atoms with E-state index in [4.69, 9.17) is 0 Å². The molecule has 0 spiro atoms. The number of piperidine rings is 1. The lowest BCUT2D eigenvalue weighted by atomic mass is 10.0. The summed E-state index contributed by atoms with van der Waals surface area (Å²) < 4.78 is 4.68. The molecule has 1 unspecified atom stereocenters. The standard InChI is InChI=1S/C13H24N2O2/c1-11(13(16)17-4)7-9-15-8-5-6-12(10-15)14(2)3/h7,12H,5-6,8-10H2,1-4H3. The highest BCUT2D eigenvalue weighted by atomic mass is 16.5. The Bertz CT molecular complexity index is 287. The molecule has 0 aromatic rings. The predicted octanol–water partition coefficient (Wildman–Crippen LogP) is 1.13. The molecule has 1 rings (SSSR count). The first-order valence-electron chi connectivity index (χ1n) is 6.18. The van der Waals surface area contributed by atoms with E-state index in [0.717, 1.165) is 19.6 Å². The van der Waals surface area contributed by atoms with Crippen LogP contribution in [0.4, 0.5) is 0 Å². The van der Waals surface area contributed by atoms with Gasteiger partial charge >= 0.3 is 5.97 Å². The highest BCUT2D eigenvalue weighted by molar-refractivity contribution is 5.87. The Hall–Kier alpha value is -0.870. The lowest BCUT2D eigenvalue weighted by molar-refractivity contribution is -0.136. The Morgan fingerprint density at radius 1 is 1.53 bits per heavy atom. The lowest BCUT2D eigenvalue weighted by Crippen LogP contribution is -2.45. The van der Waals surface area contributed by atoms with Gasteiger partial charge in [-0.2, -0.15) is 0 Å². The topological polar surface area (TPSA) is 32.8 Å². The Morgan fingerprint density at radius 3 is 2.82 bits per heavy atom. The minimum absolute atomic E-state index is 0.230. The van der Waals surface area contributed by atoms with Crippen LogP contribution < -0.4 is 0 Å². The highest BCUT2D eigenvalue weighted by Crippen LogP contribution is 2.13. The molecule has 1 aliphatic heterocycles. The maximum atomic E-state index is 11.2. The first-order chi connectivity index (χ1) is 8.04.